The molecule has 1 aromatic carbocycles. The number of aryl methyl sites for hydroxylation is 1. The Morgan fingerprint density at radius 3 is 2.91 bits per heavy atom. The first-order valence-corrected chi connectivity index (χ1v) is 10.6. The van der Waals surface area contributed by atoms with Crippen molar-refractivity contribution >= 4 is 11.6 Å². The molecule has 0 saturated carbocycles. The van der Waals surface area contributed by atoms with Crippen LogP contribution in [0.1, 0.15) is 27.9 Å². The summed E-state index contributed by atoms with van der Waals surface area (Å²) >= 11 is 0. The van der Waals surface area contributed by atoms with Gasteiger partial charge in [-0.1, -0.05) is 12.1 Å². The molecule has 0 unspecified atom stereocenters. The number of pyridine rings is 1. The van der Waals surface area contributed by atoms with Gasteiger partial charge in [0.25, 0.3) is 5.91 Å². The first kappa shape index (κ1) is 21.2. The van der Waals surface area contributed by atoms with Gasteiger partial charge in [-0.15, -0.1) is 0 Å². The fourth-order valence-electron chi connectivity index (χ4n) is 4.04. The molecule has 2 atom stereocenters. The molecular formula is C23H23FN6O3. The average Bonchev–Trinajstić information content (AvgIpc) is 3.45. The second-order valence-electron chi connectivity index (χ2n) is 8.19. The Morgan fingerprint density at radius 1 is 1.27 bits per heavy atom. The highest BCUT2D eigenvalue weighted by atomic mass is 19.1. The van der Waals surface area contributed by atoms with Gasteiger partial charge in [-0.05, 0) is 35.2 Å². The third kappa shape index (κ3) is 4.35. The molecule has 170 valence electrons. The van der Waals surface area contributed by atoms with Crippen molar-refractivity contribution in [3.63, 3.8) is 0 Å². The van der Waals surface area contributed by atoms with Gasteiger partial charge in [0.1, 0.15) is 12.1 Å². The number of rotatable bonds is 5. The lowest BCUT2D eigenvalue weighted by Gasteiger charge is -2.28. The minimum Gasteiger partial charge on any atom is -0.389 e. The van der Waals surface area contributed by atoms with Gasteiger partial charge in [0.05, 0.1) is 30.5 Å². The standard InChI is InChI=1S/C23H23FN6O3/c1-29-11-17(9-26-29)15-2-3-16(19(24)8-15)6-14-7-18(22-25-13-27-30(22)10-14)23(32)28-20-4-5-33-12-21(20)31/h2-3,7-11,13,20-21,31H,4-6,12H2,1H3,(H,28,32)/t20-,21-/m0/s1. The predicted molar refractivity (Wildman–Crippen MR) is 117 cm³/mol. The van der Waals surface area contributed by atoms with Crippen LogP contribution in [-0.2, 0) is 18.2 Å². The van der Waals surface area contributed by atoms with Crippen molar-refractivity contribution in [3.8, 4) is 11.1 Å². The topological polar surface area (TPSA) is 107 Å². The number of aromatic nitrogens is 5. The van der Waals surface area contributed by atoms with Gasteiger partial charge >= 0.3 is 0 Å². The van der Waals surface area contributed by atoms with Gasteiger partial charge in [-0.2, -0.15) is 10.2 Å². The van der Waals surface area contributed by atoms with E-state index in [1.807, 2.05) is 19.3 Å². The van der Waals surface area contributed by atoms with Crippen LogP contribution in [0.3, 0.4) is 0 Å². The first-order valence-electron chi connectivity index (χ1n) is 10.6. The number of aliphatic hydroxyl groups is 1. The van der Waals surface area contributed by atoms with E-state index in [2.05, 4.69) is 20.5 Å². The average molecular weight is 450 g/mol. The van der Waals surface area contributed by atoms with E-state index < -0.39 is 12.1 Å². The third-order valence-corrected chi connectivity index (χ3v) is 5.81. The van der Waals surface area contributed by atoms with Crippen LogP contribution in [0.5, 0.6) is 0 Å². The van der Waals surface area contributed by atoms with Crippen molar-refractivity contribution in [3.05, 3.63) is 71.7 Å². The van der Waals surface area contributed by atoms with Gasteiger partial charge in [-0.3, -0.25) is 9.48 Å². The molecule has 10 heteroatoms. The minimum atomic E-state index is -0.771. The fourth-order valence-corrected chi connectivity index (χ4v) is 4.04. The molecule has 4 heterocycles. The van der Waals surface area contributed by atoms with Crippen LogP contribution >= 0.6 is 0 Å². The van der Waals surface area contributed by atoms with E-state index in [9.17, 15) is 14.3 Å². The molecule has 0 bridgehead atoms. The number of amides is 1. The van der Waals surface area contributed by atoms with Crippen LogP contribution in [0.15, 0.2) is 49.2 Å². The number of aliphatic hydroxyl groups excluding tert-OH is 1. The predicted octanol–water partition coefficient (Wildman–Crippen LogP) is 1.74. The second kappa shape index (κ2) is 8.72. The van der Waals surface area contributed by atoms with Gasteiger partial charge in [-0.25, -0.2) is 13.9 Å². The van der Waals surface area contributed by atoms with Crippen molar-refractivity contribution in [2.24, 2.45) is 7.05 Å². The van der Waals surface area contributed by atoms with Crippen LogP contribution in [-0.4, -0.2) is 60.8 Å². The van der Waals surface area contributed by atoms with Gasteiger partial charge in [0, 0.05) is 38.0 Å². The monoisotopic (exact) mass is 450 g/mol. The molecule has 4 aromatic rings. The second-order valence-corrected chi connectivity index (χ2v) is 8.19. The molecular weight excluding hydrogens is 427 g/mol. The van der Waals surface area contributed by atoms with Crippen LogP contribution < -0.4 is 5.32 Å². The number of ether oxygens (including phenoxy) is 1. The molecule has 9 nitrogen and oxygen atoms in total. The van der Waals surface area contributed by atoms with E-state index in [0.29, 0.717) is 35.4 Å². The Kier molecular flexibility index (Phi) is 5.61. The maximum absolute atomic E-state index is 14.9. The first-order chi connectivity index (χ1) is 16.0. The number of halogens is 1. The Labute approximate surface area is 188 Å². The van der Waals surface area contributed by atoms with Crippen molar-refractivity contribution in [1.29, 1.82) is 0 Å². The number of nitrogens with one attached hydrogen (secondary N) is 1. The van der Waals surface area contributed by atoms with Gasteiger partial charge in [0.2, 0.25) is 0 Å². The number of carbonyl (C=O) groups excluding carboxylic acids is 1. The largest absolute Gasteiger partial charge is 0.389 e. The molecule has 1 aliphatic rings. The van der Waals surface area contributed by atoms with Gasteiger partial charge in [0.15, 0.2) is 5.65 Å². The summed E-state index contributed by atoms with van der Waals surface area (Å²) in [5, 5.41) is 21.3. The summed E-state index contributed by atoms with van der Waals surface area (Å²) in [6.45, 7) is 0.649. The lowest BCUT2D eigenvalue weighted by atomic mass is 10.0. The molecule has 1 saturated heterocycles. The Morgan fingerprint density at radius 2 is 2.15 bits per heavy atom. The summed E-state index contributed by atoms with van der Waals surface area (Å²) < 4.78 is 23.3. The van der Waals surface area contributed by atoms with E-state index in [4.69, 9.17) is 4.74 Å². The van der Waals surface area contributed by atoms with E-state index >= 15 is 0 Å². The number of benzene rings is 1. The lowest BCUT2D eigenvalue weighted by molar-refractivity contribution is -0.0260. The summed E-state index contributed by atoms with van der Waals surface area (Å²) in [6, 6.07) is 6.36. The normalized spacial score (nSPS) is 18.5. The van der Waals surface area contributed by atoms with E-state index in [1.165, 1.54) is 16.9 Å². The van der Waals surface area contributed by atoms with Crippen molar-refractivity contribution < 1.29 is 19.0 Å². The van der Waals surface area contributed by atoms with Crippen LogP contribution in [0.2, 0.25) is 0 Å². The maximum atomic E-state index is 14.9. The Hall–Kier alpha value is -3.63. The van der Waals surface area contributed by atoms with Crippen molar-refractivity contribution in [2.45, 2.75) is 25.0 Å². The minimum absolute atomic E-state index is 0.180. The maximum Gasteiger partial charge on any atom is 0.255 e. The van der Waals surface area contributed by atoms with E-state index in [1.54, 1.807) is 29.2 Å². The van der Waals surface area contributed by atoms with Crippen molar-refractivity contribution in [2.75, 3.05) is 13.2 Å². The molecule has 2 N–H and O–H groups in total. The molecule has 33 heavy (non-hydrogen) atoms. The van der Waals surface area contributed by atoms with Crippen LogP contribution in [0, 0.1) is 5.82 Å². The molecule has 0 radical (unpaired) electrons. The number of hydrogen-bond donors (Lipinski definition) is 2. The highest BCUT2D eigenvalue weighted by molar-refractivity contribution is 6.00. The number of hydrogen-bond acceptors (Lipinski definition) is 6. The quantitative estimate of drug-likeness (QED) is 0.480. The summed E-state index contributed by atoms with van der Waals surface area (Å²) in [5.74, 6) is -0.709. The summed E-state index contributed by atoms with van der Waals surface area (Å²) in [7, 11) is 1.81. The molecule has 0 spiro atoms. The van der Waals surface area contributed by atoms with Crippen LogP contribution in [0.4, 0.5) is 4.39 Å². The van der Waals surface area contributed by atoms with Crippen LogP contribution in [0.25, 0.3) is 16.8 Å². The number of nitrogens with zero attached hydrogens (tertiary/aromatic N) is 5. The molecule has 5 rings (SSSR count). The Balaban J connectivity index is 1.41. The fraction of sp³-hybridized carbons (Fsp3) is 0.304. The molecule has 0 aliphatic carbocycles. The zero-order valence-corrected chi connectivity index (χ0v) is 18.0. The van der Waals surface area contributed by atoms with E-state index in [0.717, 1.165) is 11.1 Å². The summed E-state index contributed by atoms with van der Waals surface area (Å²) in [6.07, 6.45) is 6.63. The zero-order valence-electron chi connectivity index (χ0n) is 18.0. The molecule has 1 amide bonds. The molecule has 1 aliphatic heterocycles. The SMILES string of the molecule is Cn1cc(-c2ccc(Cc3cc(C(=O)N[C@H]4CCOC[C@@H]4O)c4ncnn4c3)c(F)c2)cn1. The summed E-state index contributed by atoms with van der Waals surface area (Å²) in [4.78, 5) is 17.2. The lowest BCUT2D eigenvalue weighted by Crippen LogP contribution is -2.48. The number of fused-ring (bicyclic) bond motifs is 1. The van der Waals surface area contributed by atoms with Crippen molar-refractivity contribution in [1.82, 2.24) is 29.7 Å². The third-order valence-electron chi connectivity index (χ3n) is 5.81. The highest BCUT2D eigenvalue weighted by Crippen LogP contribution is 2.24. The number of carbonyl (C=O) groups is 1. The smallest absolute Gasteiger partial charge is 0.255 e. The molecule has 3 aromatic heterocycles. The zero-order chi connectivity index (χ0) is 22.9. The van der Waals surface area contributed by atoms with Gasteiger partial charge < -0.3 is 15.2 Å². The Bertz CT molecular complexity index is 1320. The molecule has 1 fully saturated rings. The highest BCUT2D eigenvalue weighted by Gasteiger charge is 2.26. The van der Waals surface area contributed by atoms with E-state index in [-0.39, 0.29) is 24.8 Å². The summed E-state index contributed by atoms with van der Waals surface area (Å²) in [5.41, 5.74) is 3.49.